The van der Waals surface area contributed by atoms with Crippen LogP contribution < -0.4 is 5.32 Å². The molecule has 5 nitrogen and oxygen atoms in total. The SMILES string of the molecule is CCN(CC)C(=O)c1cc(NCc2ccccc2Cl)nc(C)n1. The van der Waals surface area contributed by atoms with Gasteiger partial charge >= 0.3 is 0 Å². The van der Waals surface area contributed by atoms with Crippen molar-refractivity contribution in [2.75, 3.05) is 18.4 Å². The summed E-state index contributed by atoms with van der Waals surface area (Å²) in [5.74, 6) is 1.10. The molecule has 0 radical (unpaired) electrons. The minimum atomic E-state index is -0.0821. The van der Waals surface area contributed by atoms with Gasteiger partial charge < -0.3 is 10.2 Å². The van der Waals surface area contributed by atoms with Crippen LogP contribution in [0.25, 0.3) is 0 Å². The van der Waals surface area contributed by atoms with E-state index >= 15 is 0 Å². The van der Waals surface area contributed by atoms with Gasteiger partial charge in [0.1, 0.15) is 17.3 Å². The number of hydrogen-bond acceptors (Lipinski definition) is 4. The van der Waals surface area contributed by atoms with Gasteiger partial charge in [-0.15, -0.1) is 0 Å². The molecule has 1 aromatic heterocycles. The number of carbonyl (C=O) groups is 1. The molecular weight excluding hydrogens is 312 g/mol. The molecule has 2 rings (SSSR count). The van der Waals surface area contributed by atoms with Gasteiger partial charge in [0.05, 0.1) is 0 Å². The van der Waals surface area contributed by atoms with Crippen LogP contribution >= 0.6 is 11.6 Å². The minimum Gasteiger partial charge on any atom is -0.366 e. The lowest BCUT2D eigenvalue weighted by molar-refractivity contribution is 0.0766. The standard InChI is InChI=1S/C17H21ClN4O/c1-4-22(5-2)17(23)15-10-16(21-12(3)20-15)19-11-13-8-6-7-9-14(13)18/h6-10H,4-5,11H2,1-3H3,(H,19,20,21). The molecule has 0 atom stereocenters. The van der Waals surface area contributed by atoms with E-state index in [0.29, 0.717) is 42.0 Å². The predicted octanol–water partition coefficient (Wildman–Crippen LogP) is 3.53. The van der Waals surface area contributed by atoms with Crippen molar-refractivity contribution in [3.05, 3.63) is 52.4 Å². The lowest BCUT2D eigenvalue weighted by atomic mass is 10.2. The zero-order valence-electron chi connectivity index (χ0n) is 13.6. The molecule has 122 valence electrons. The van der Waals surface area contributed by atoms with Crippen LogP contribution in [0.3, 0.4) is 0 Å². The van der Waals surface area contributed by atoms with Gasteiger partial charge in [0.2, 0.25) is 0 Å². The maximum Gasteiger partial charge on any atom is 0.272 e. The third kappa shape index (κ3) is 4.42. The van der Waals surface area contributed by atoms with Gasteiger partial charge in [0.25, 0.3) is 5.91 Å². The monoisotopic (exact) mass is 332 g/mol. The van der Waals surface area contributed by atoms with Gasteiger partial charge in [-0.1, -0.05) is 29.8 Å². The van der Waals surface area contributed by atoms with Crippen molar-refractivity contribution in [3.8, 4) is 0 Å². The molecule has 1 aromatic carbocycles. The highest BCUT2D eigenvalue weighted by Crippen LogP contribution is 2.17. The number of rotatable bonds is 6. The molecule has 0 unspecified atom stereocenters. The Kier molecular flexibility index (Phi) is 5.93. The molecule has 0 aliphatic rings. The van der Waals surface area contributed by atoms with Crippen molar-refractivity contribution in [1.29, 1.82) is 0 Å². The molecule has 1 amide bonds. The second-order valence-electron chi connectivity index (χ2n) is 5.11. The first-order chi connectivity index (χ1) is 11.0. The van der Waals surface area contributed by atoms with Crippen LogP contribution in [-0.4, -0.2) is 33.9 Å². The van der Waals surface area contributed by atoms with Crippen LogP contribution in [0.1, 0.15) is 35.7 Å². The Morgan fingerprint density at radius 3 is 2.57 bits per heavy atom. The molecule has 6 heteroatoms. The lowest BCUT2D eigenvalue weighted by Gasteiger charge is -2.18. The largest absolute Gasteiger partial charge is 0.366 e. The molecule has 0 aliphatic heterocycles. The summed E-state index contributed by atoms with van der Waals surface area (Å²) in [5.41, 5.74) is 1.38. The molecule has 1 N–H and O–H groups in total. The fourth-order valence-electron chi connectivity index (χ4n) is 2.27. The van der Waals surface area contributed by atoms with Crippen LogP contribution in [0, 0.1) is 6.92 Å². The van der Waals surface area contributed by atoms with E-state index in [9.17, 15) is 4.79 Å². The lowest BCUT2D eigenvalue weighted by Crippen LogP contribution is -2.31. The molecule has 0 spiro atoms. The fraction of sp³-hybridized carbons (Fsp3) is 0.353. The van der Waals surface area contributed by atoms with Crippen molar-refractivity contribution < 1.29 is 4.79 Å². The van der Waals surface area contributed by atoms with E-state index < -0.39 is 0 Å². The first-order valence-corrected chi connectivity index (χ1v) is 8.05. The van der Waals surface area contributed by atoms with Gasteiger partial charge in [-0.05, 0) is 32.4 Å². The summed E-state index contributed by atoms with van der Waals surface area (Å²) >= 11 is 6.15. The second kappa shape index (κ2) is 7.92. The van der Waals surface area contributed by atoms with E-state index in [1.54, 1.807) is 17.9 Å². The summed E-state index contributed by atoms with van der Waals surface area (Å²) in [5, 5.41) is 3.91. The van der Waals surface area contributed by atoms with E-state index in [4.69, 9.17) is 11.6 Å². The Bertz CT molecular complexity index is 686. The predicted molar refractivity (Wildman–Crippen MR) is 92.8 cm³/mol. The summed E-state index contributed by atoms with van der Waals surface area (Å²) in [4.78, 5) is 22.8. The molecule has 2 aromatic rings. The first-order valence-electron chi connectivity index (χ1n) is 7.67. The number of benzene rings is 1. The van der Waals surface area contributed by atoms with Gasteiger partial charge in [-0.25, -0.2) is 9.97 Å². The van der Waals surface area contributed by atoms with Crippen molar-refractivity contribution in [2.45, 2.75) is 27.3 Å². The molecule has 0 bridgehead atoms. The highest BCUT2D eigenvalue weighted by atomic mass is 35.5. The minimum absolute atomic E-state index is 0.0821. The van der Waals surface area contributed by atoms with Crippen molar-refractivity contribution in [2.24, 2.45) is 0 Å². The third-order valence-corrected chi connectivity index (χ3v) is 3.89. The number of amides is 1. The van der Waals surface area contributed by atoms with Gasteiger partial charge in [-0.3, -0.25) is 4.79 Å². The number of nitrogens with one attached hydrogen (secondary N) is 1. The maximum absolute atomic E-state index is 12.4. The third-order valence-electron chi connectivity index (χ3n) is 3.53. The van der Waals surface area contributed by atoms with Crippen molar-refractivity contribution >= 4 is 23.3 Å². The van der Waals surface area contributed by atoms with E-state index in [1.807, 2.05) is 38.1 Å². The fourth-order valence-corrected chi connectivity index (χ4v) is 2.47. The van der Waals surface area contributed by atoms with E-state index in [0.717, 1.165) is 5.56 Å². The van der Waals surface area contributed by atoms with Gasteiger partial charge in [0, 0.05) is 30.7 Å². The Morgan fingerprint density at radius 2 is 1.91 bits per heavy atom. The topological polar surface area (TPSA) is 58.1 Å². The number of carbonyl (C=O) groups excluding carboxylic acids is 1. The number of aromatic nitrogens is 2. The van der Waals surface area contributed by atoms with E-state index in [-0.39, 0.29) is 5.91 Å². The average Bonchev–Trinajstić information content (AvgIpc) is 2.54. The zero-order valence-corrected chi connectivity index (χ0v) is 14.4. The quantitative estimate of drug-likeness (QED) is 0.879. The van der Waals surface area contributed by atoms with E-state index in [2.05, 4.69) is 15.3 Å². The number of nitrogens with zero attached hydrogens (tertiary/aromatic N) is 3. The van der Waals surface area contributed by atoms with Crippen LogP contribution in [-0.2, 0) is 6.54 Å². The van der Waals surface area contributed by atoms with E-state index in [1.165, 1.54) is 0 Å². The molecule has 0 saturated heterocycles. The second-order valence-corrected chi connectivity index (χ2v) is 5.52. The highest BCUT2D eigenvalue weighted by Gasteiger charge is 2.15. The summed E-state index contributed by atoms with van der Waals surface area (Å²) in [7, 11) is 0. The zero-order chi connectivity index (χ0) is 16.8. The average molecular weight is 333 g/mol. The Labute approximate surface area is 141 Å². The molecule has 0 fully saturated rings. The summed E-state index contributed by atoms with van der Waals surface area (Å²) in [6.07, 6.45) is 0. The summed E-state index contributed by atoms with van der Waals surface area (Å²) in [6.45, 7) is 7.52. The Morgan fingerprint density at radius 1 is 1.22 bits per heavy atom. The maximum atomic E-state index is 12.4. The van der Waals surface area contributed by atoms with Crippen molar-refractivity contribution in [1.82, 2.24) is 14.9 Å². The normalized spacial score (nSPS) is 10.4. The highest BCUT2D eigenvalue weighted by molar-refractivity contribution is 6.31. The number of anilines is 1. The number of hydrogen-bond donors (Lipinski definition) is 1. The van der Waals surface area contributed by atoms with Crippen LogP contribution in [0.15, 0.2) is 30.3 Å². The number of halogens is 1. The Hall–Kier alpha value is -2.14. The van der Waals surface area contributed by atoms with Crippen LogP contribution in [0.5, 0.6) is 0 Å². The molecule has 0 saturated carbocycles. The smallest absolute Gasteiger partial charge is 0.272 e. The summed E-state index contributed by atoms with van der Waals surface area (Å²) in [6, 6.07) is 9.31. The molecule has 1 heterocycles. The number of aryl methyl sites for hydroxylation is 1. The van der Waals surface area contributed by atoms with Crippen LogP contribution in [0.4, 0.5) is 5.82 Å². The first kappa shape index (κ1) is 17.2. The molecule has 0 aliphatic carbocycles. The summed E-state index contributed by atoms with van der Waals surface area (Å²) < 4.78 is 0. The Balaban J connectivity index is 2.17. The van der Waals surface area contributed by atoms with Gasteiger partial charge in [0.15, 0.2) is 0 Å². The molecule has 23 heavy (non-hydrogen) atoms. The molecular formula is C17H21ClN4O. The van der Waals surface area contributed by atoms with Crippen LogP contribution in [0.2, 0.25) is 5.02 Å². The van der Waals surface area contributed by atoms with Gasteiger partial charge in [-0.2, -0.15) is 0 Å². The van der Waals surface area contributed by atoms with Crippen molar-refractivity contribution in [3.63, 3.8) is 0 Å².